The maximum absolute atomic E-state index is 11.6. The molecule has 0 spiro atoms. The summed E-state index contributed by atoms with van der Waals surface area (Å²) < 4.78 is 1.61. The standard InChI is InChI=1S/C13H14N4O3/c18-12(3-1-4-13(19)20)16-10-5-6-11(14-9-10)17-8-2-7-15-17/h2,5-9H,1,3-4H2,(H,16,18)(H,19,20). The van der Waals surface area contributed by atoms with Crippen LogP contribution in [-0.2, 0) is 9.59 Å². The third-order valence-corrected chi connectivity index (χ3v) is 2.57. The summed E-state index contributed by atoms with van der Waals surface area (Å²) in [6.45, 7) is 0. The highest BCUT2D eigenvalue weighted by atomic mass is 16.4. The van der Waals surface area contributed by atoms with Gasteiger partial charge < -0.3 is 10.4 Å². The van der Waals surface area contributed by atoms with Crippen molar-refractivity contribution in [1.29, 1.82) is 0 Å². The van der Waals surface area contributed by atoms with Crippen molar-refractivity contribution in [2.24, 2.45) is 0 Å². The van der Waals surface area contributed by atoms with Crippen molar-refractivity contribution >= 4 is 17.6 Å². The Morgan fingerprint density at radius 1 is 1.30 bits per heavy atom. The van der Waals surface area contributed by atoms with Gasteiger partial charge in [0.15, 0.2) is 5.82 Å². The van der Waals surface area contributed by atoms with Gasteiger partial charge in [-0.3, -0.25) is 9.59 Å². The molecule has 20 heavy (non-hydrogen) atoms. The van der Waals surface area contributed by atoms with Crippen LogP contribution in [0.15, 0.2) is 36.8 Å². The number of rotatable bonds is 6. The number of hydrogen-bond donors (Lipinski definition) is 2. The first kappa shape index (κ1) is 13.7. The molecule has 0 fully saturated rings. The Kier molecular flexibility index (Phi) is 4.43. The summed E-state index contributed by atoms with van der Waals surface area (Å²) in [5.74, 6) is -0.471. The monoisotopic (exact) mass is 274 g/mol. The maximum atomic E-state index is 11.6. The Labute approximate surface area is 115 Å². The van der Waals surface area contributed by atoms with Crippen molar-refractivity contribution in [2.45, 2.75) is 19.3 Å². The van der Waals surface area contributed by atoms with E-state index in [-0.39, 0.29) is 18.7 Å². The summed E-state index contributed by atoms with van der Waals surface area (Å²) in [5.41, 5.74) is 0.571. The van der Waals surface area contributed by atoms with Crippen LogP contribution in [0.3, 0.4) is 0 Å². The van der Waals surface area contributed by atoms with Gasteiger partial charge in [-0.05, 0) is 24.6 Å². The number of hydrogen-bond acceptors (Lipinski definition) is 4. The Balaban J connectivity index is 1.87. The molecule has 0 atom stereocenters. The lowest BCUT2D eigenvalue weighted by Gasteiger charge is -2.05. The van der Waals surface area contributed by atoms with Crippen LogP contribution in [0.1, 0.15) is 19.3 Å². The molecule has 7 heteroatoms. The van der Waals surface area contributed by atoms with Crippen molar-refractivity contribution in [1.82, 2.24) is 14.8 Å². The van der Waals surface area contributed by atoms with E-state index in [9.17, 15) is 9.59 Å². The highest BCUT2D eigenvalue weighted by Gasteiger charge is 2.05. The van der Waals surface area contributed by atoms with Crippen LogP contribution in [0.25, 0.3) is 5.82 Å². The normalized spacial score (nSPS) is 10.2. The number of amides is 1. The summed E-state index contributed by atoms with van der Waals surface area (Å²) in [5, 5.41) is 15.2. The van der Waals surface area contributed by atoms with Crippen LogP contribution in [0.2, 0.25) is 0 Å². The molecule has 0 aromatic carbocycles. The molecule has 1 amide bonds. The van der Waals surface area contributed by atoms with Crippen LogP contribution in [-0.4, -0.2) is 31.7 Å². The first-order valence-electron chi connectivity index (χ1n) is 6.13. The highest BCUT2D eigenvalue weighted by molar-refractivity contribution is 5.90. The zero-order valence-electron chi connectivity index (χ0n) is 10.7. The molecule has 0 unspecified atom stereocenters. The Bertz CT molecular complexity index is 578. The van der Waals surface area contributed by atoms with Gasteiger partial charge in [0, 0.05) is 25.2 Å². The number of carboxylic acids is 1. The largest absolute Gasteiger partial charge is 0.481 e. The molecule has 104 valence electrons. The number of carbonyl (C=O) groups excluding carboxylic acids is 1. The van der Waals surface area contributed by atoms with E-state index in [0.717, 1.165) is 0 Å². The molecule has 0 radical (unpaired) electrons. The second kappa shape index (κ2) is 6.46. The number of carbonyl (C=O) groups is 2. The van der Waals surface area contributed by atoms with Gasteiger partial charge in [0.25, 0.3) is 0 Å². The second-order valence-corrected chi connectivity index (χ2v) is 4.15. The predicted molar refractivity (Wildman–Crippen MR) is 71.5 cm³/mol. The predicted octanol–water partition coefficient (Wildman–Crippen LogP) is 1.46. The molecular weight excluding hydrogens is 260 g/mol. The fourth-order valence-corrected chi connectivity index (χ4v) is 1.62. The van der Waals surface area contributed by atoms with E-state index >= 15 is 0 Å². The first-order chi connectivity index (χ1) is 9.65. The second-order valence-electron chi connectivity index (χ2n) is 4.15. The molecule has 0 saturated carbocycles. The minimum Gasteiger partial charge on any atom is -0.481 e. The highest BCUT2D eigenvalue weighted by Crippen LogP contribution is 2.10. The van der Waals surface area contributed by atoms with Crippen LogP contribution in [0.5, 0.6) is 0 Å². The summed E-state index contributed by atoms with van der Waals surface area (Å²) in [7, 11) is 0. The summed E-state index contributed by atoms with van der Waals surface area (Å²) in [4.78, 5) is 26.1. The van der Waals surface area contributed by atoms with Crippen LogP contribution >= 0.6 is 0 Å². The average Bonchev–Trinajstić information content (AvgIpc) is 2.93. The lowest BCUT2D eigenvalue weighted by molar-refractivity contribution is -0.137. The number of aromatic nitrogens is 3. The lowest BCUT2D eigenvalue weighted by atomic mass is 10.2. The summed E-state index contributed by atoms with van der Waals surface area (Å²) >= 11 is 0. The maximum Gasteiger partial charge on any atom is 0.303 e. The molecule has 0 bridgehead atoms. The first-order valence-corrected chi connectivity index (χ1v) is 6.13. The zero-order chi connectivity index (χ0) is 14.4. The number of anilines is 1. The van der Waals surface area contributed by atoms with Crippen molar-refractivity contribution < 1.29 is 14.7 Å². The molecule has 2 rings (SSSR count). The van der Waals surface area contributed by atoms with Gasteiger partial charge in [0.2, 0.25) is 5.91 Å². The van der Waals surface area contributed by atoms with Crippen molar-refractivity contribution in [2.75, 3.05) is 5.32 Å². The molecule has 0 aliphatic heterocycles. The summed E-state index contributed by atoms with van der Waals surface area (Å²) in [6, 6.07) is 5.25. The van der Waals surface area contributed by atoms with Crippen molar-refractivity contribution in [3.05, 3.63) is 36.8 Å². The van der Waals surface area contributed by atoms with Crippen LogP contribution in [0.4, 0.5) is 5.69 Å². The fraction of sp³-hybridized carbons (Fsp3) is 0.231. The smallest absolute Gasteiger partial charge is 0.303 e. The quantitative estimate of drug-likeness (QED) is 0.831. The van der Waals surface area contributed by atoms with E-state index in [1.165, 1.54) is 6.20 Å². The van der Waals surface area contributed by atoms with Crippen LogP contribution in [0, 0.1) is 0 Å². The molecular formula is C13H14N4O3. The van der Waals surface area contributed by atoms with E-state index in [1.54, 1.807) is 35.3 Å². The lowest BCUT2D eigenvalue weighted by Crippen LogP contribution is -2.12. The van der Waals surface area contributed by atoms with Crippen molar-refractivity contribution in [3.8, 4) is 5.82 Å². The number of carboxylic acid groups (broad SMARTS) is 1. The third kappa shape index (κ3) is 3.91. The topological polar surface area (TPSA) is 97.1 Å². The van der Waals surface area contributed by atoms with Gasteiger partial charge in [-0.2, -0.15) is 5.10 Å². The fourth-order valence-electron chi connectivity index (χ4n) is 1.62. The molecule has 7 nitrogen and oxygen atoms in total. The Morgan fingerprint density at radius 3 is 2.75 bits per heavy atom. The van der Waals surface area contributed by atoms with Crippen molar-refractivity contribution in [3.63, 3.8) is 0 Å². The SMILES string of the molecule is O=C(O)CCCC(=O)Nc1ccc(-n2cccn2)nc1. The zero-order valence-corrected chi connectivity index (χ0v) is 10.7. The van der Waals surface area contributed by atoms with Gasteiger partial charge in [-0.1, -0.05) is 0 Å². The van der Waals surface area contributed by atoms with E-state index in [1.807, 2.05) is 0 Å². The number of nitrogens with zero attached hydrogens (tertiary/aromatic N) is 3. The molecule has 0 aliphatic carbocycles. The minimum absolute atomic E-state index is 0.0100. The molecule has 2 heterocycles. The van der Waals surface area contributed by atoms with Gasteiger partial charge >= 0.3 is 5.97 Å². The van der Waals surface area contributed by atoms with E-state index in [4.69, 9.17) is 5.11 Å². The van der Waals surface area contributed by atoms with Gasteiger partial charge in [-0.25, -0.2) is 9.67 Å². The number of pyridine rings is 1. The minimum atomic E-state index is -0.900. The van der Waals surface area contributed by atoms with Crippen LogP contribution < -0.4 is 5.32 Å². The number of nitrogens with one attached hydrogen (secondary N) is 1. The number of aliphatic carboxylic acids is 1. The molecule has 0 aliphatic rings. The molecule has 2 aromatic rings. The summed E-state index contributed by atoms with van der Waals surface area (Å²) in [6.07, 6.45) is 5.44. The average molecular weight is 274 g/mol. The third-order valence-electron chi connectivity index (χ3n) is 2.57. The van der Waals surface area contributed by atoms with E-state index < -0.39 is 5.97 Å². The Hall–Kier alpha value is -2.70. The molecule has 2 N–H and O–H groups in total. The van der Waals surface area contributed by atoms with Gasteiger partial charge in [0.05, 0.1) is 11.9 Å². The molecule has 2 aromatic heterocycles. The van der Waals surface area contributed by atoms with E-state index in [2.05, 4.69) is 15.4 Å². The van der Waals surface area contributed by atoms with Gasteiger partial charge in [-0.15, -0.1) is 0 Å². The molecule has 0 saturated heterocycles. The Morgan fingerprint density at radius 2 is 2.15 bits per heavy atom. The van der Waals surface area contributed by atoms with Gasteiger partial charge in [0.1, 0.15) is 0 Å². The van der Waals surface area contributed by atoms with E-state index in [0.29, 0.717) is 17.9 Å².